The third-order valence-corrected chi connectivity index (χ3v) is 7.79. The number of ether oxygens (including phenoxy) is 2. The number of aromatic amines is 1. The highest BCUT2D eigenvalue weighted by atomic mass is 16.7. The molecule has 0 saturated carbocycles. The third kappa shape index (κ3) is 4.90. The highest BCUT2D eigenvalue weighted by Crippen LogP contribution is 2.35. The smallest absolute Gasteiger partial charge is 0.252 e. The van der Waals surface area contributed by atoms with Gasteiger partial charge in [-0.05, 0) is 103 Å². The van der Waals surface area contributed by atoms with Crippen molar-refractivity contribution < 1.29 is 9.47 Å². The number of rotatable bonds is 9. The van der Waals surface area contributed by atoms with Gasteiger partial charge in [0.1, 0.15) is 0 Å². The topological polar surface area (TPSA) is 98.2 Å². The number of fused-ring (bicyclic) bond motifs is 2. The van der Waals surface area contributed by atoms with Crippen LogP contribution in [0.2, 0.25) is 0 Å². The number of aryl methyl sites for hydroxylation is 2. The van der Waals surface area contributed by atoms with E-state index < -0.39 is 0 Å². The fourth-order valence-electron chi connectivity index (χ4n) is 5.00. The second-order valence-corrected chi connectivity index (χ2v) is 10.8. The standard InChI is InChI=1S/C29H36N6O3/c1-7-24(27-31-32-33-35(27)29(5,6)8-2)34(15-20-9-10-25-26(13-20)38-17-37-25)16-22-14-21-11-18(3)19(4)12-23(21)30-28(22)36/h9-14,24H,7-8,15-17H2,1-6H3,(H,30,36). The average molecular weight is 517 g/mol. The van der Waals surface area contributed by atoms with Gasteiger partial charge >= 0.3 is 0 Å². The molecule has 0 fully saturated rings. The Balaban J connectivity index is 1.57. The molecular formula is C29H36N6O3. The molecule has 5 rings (SSSR count). The molecule has 0 bridgehead atoms. The first-order chi connectivity index (χ1) is 18.2. The van der Waals surface area contributed by atoms with Gasteiger partial charge in [-0.15, -0.1) is 5.10 Å². The van der Waals surface area contributed by atoms with Gasteiger partial charge in [0.05, 0.1) is 11.6 Å². The molecule has 3 heterocycles. The molecule has 1 N–H and O–H groups in total. The van der Waals surface area contributed by atoms with Crippen LogP contribution in [-0.4, -0.2) is 36.9 Å². The van der Waals surface area contributed by atoms with Crippen molar-refractivity contribution in [1.29, 1.82) is 0 Å². The van der Waals surface area contributed by atoms with Crippen molar-refractivity contribution >= 4 is 10.9 Å². The Morgan fingerprint density at radius 3 is 2.58 bits per heavy atom. The van der Waals surface area contributed by atoms with Crippen molar-refractivity contribution in [3.63, 3.8) is 0 Å². The zero-order valence-electron chi connectivity index (χ0n) is 23.0. The minimum atomic E-state index is -0.244. The van der Waals surface area contributed by atoms with Crippen molar-refractivity contribution in [2.24, 2.45) is 0 Å². The predicted octanol–water partition coefficient (Wildman–Crippen LogP) is 5.16. The summed E-state index contributed by atoms with van der Waals surface area (Å²) in [5.41, 5.74) is 4.64. The first kappa shape index (κ1) is 25.9. The van der Waals surface area contributed by atoms with Gasteiger partial charge in [0.15, 0.2) is 17.3 Å². The highest BCUT2D eigenvalue weighted by molar-refractivity contribution is 5.80. The molecule has 1 aliphatic heterocycles. The monoisotopic (exact) mass is 516 g/mol. The SMILES string of the molecule is CCC(c1nnnn1C(C)(C)CC)N(Cc1ccc2c(c1)OCO2)Cc1cc2cc(C)c(C)cc2[nH]c1=O. The molecule has 0 saturated heterocycles. The maximum atomic E-state index is 13.3. The van der Waals surface area contributed by atoms with E-state index in [1.165, 1.54) is 5.56 Å². The summed E-state index contributed by atoms with van der Waals surface area (Å²) in [6.45, 7) is 13.9. The van der Waals surface area contributed by atoms with Crippen LogP contribution in [0.3, 0.4) is 0 Å². The van der Waals surface area contributed by atoms with Gasteiger partial charge in [0.2, 0.25) is 6.79 Å². The van der Waals surface area contributed by atoms with E-state index in [-0.39, 0.29) is 23.9 Å². The van der Waals surface area contributed by atoms with Crippen molar-refractivity contribution in [2.45, 2.75) is 79.1 Å². The van der Waals surface area contributed by atoms with Gasteiger partial charge in [-0.3, -0.25) is 9.69 Å². The molecule has 0 radical (unpaired) electrons. The minimum absolute atomic E-state index is 0.0835. The number of hydrogen-bond acceptors (Lipinski definition) is 7. The molecule has 200 valence electrons. The number of hydrogen-bond donors (Lipinski definition) is 1. The van der Waals surface area contributed by atoms with Gasteiger partial charge in [0, 0.05) is 24.2 Å². The summed E-state index contributed by atoms with van der Waals surface area (Å²) in [4.78, 5) is 18.7. The Kier molecular flexibility index (Phi) is 6.96. The van der Waals surface area contributed by atoms with Crippen molar-refractivity contribution in [2.75, 3.05) is 6.79 Å². The van der Waals surface area contributed by atoms with Crippen LogP contribution >= 0.6 is 0 Å². The summed E-state index contributed by atoms with van der Waals surface area (Å²) in [5.74, 6) is 2.28. The number of aromatic nitrogens is 5. The number of H-pyrrole nitrogens is 1. The van der Waals surface area contributed by atoms with E-state index in [0.717, 1.165) is 52.2 Å². The minimum Gasteiger partial charge on any atom is -0.454 e. The molecule has 4 aromatic rings. The van der Waals surface area contributed by atoms with Crippen molar-refractivity contribution in [1.82, 2.24) is 30.1 Å². The fraction of sp³-hybridized carbons (Fsp3) is 0.448. The third-order valence-electron chi connectivity index (χ3n) is 7.79. The van der Waals surface area contributed by atoms with E-state index in [4.69, 9.17) is 9.47 Å². The van der Waals surface area contributed by atoms with Crippen LogP contribution in [0.15, 0.2) is 41.2 Å². The van der Waals surface area contributed by atoms with Crippen LogP contribution in [0, 0.1) is 13.8 Å². The number of benzene rings is 2. The molecule has 1 unspecified atom stereocenters. The van der Waals surface area contributed by atoms with Crippen LogP contribution in [0.5, 0.6) is 11.5 Å². The van der Waals surface area contributed by atoms with Crippen LogP contribution in [0.1, 0.15) is 74.7 Å². The normalized spacial score (nSPS) is 14.0. The maximum Gasteiger partial charge on any atom is 0.252 e. The molecule has 0 aliphatic carbocycles. The largest absolute Gasteiger partial charge is 0.454 e. The van der Waals surface area contributed by atoms with Crippen LogP contribution in [0.4, 0.5) is 0 Å². The van der Waals surface area contributed by atoms with Crippen LogP contribution in [0.25, 0.3) is 10.9 Å². The van der Waals surface area contributed by atoms with Crippen LogP contribution < -0.4 is 15.0 Å². The first-order valence-electron chi connectivity index (χ1n) is 13.2. The number of nitrogens with one attached hydrogen (secondary N) is 1. The lowest BCUT2D eigenvalue weighted by Crippen LogP contribution is -2.36. The summed E-state index contributed by atoms with van der Waals surface area (Å²) in [6.07, 6.45) is 1.65. The molecule has 1 atom stereocenters. The summed E-state index contributed by atoms with van der Waals surface area (Å²) < 4.78 is 13.1. The van der Waals surface area contributed by atoms with Gasteiger partial charge in [-0.25, -0.2) is 4.68 Å². The molecule has 0 amide bonds. The van der Waals surface area contributed by atoms with E-state index >= 15 is 0 Å². The van der Waals surface area contributed by atoms with E-state index in [1.807, 2.05) is 35.0 Å². The lowest BCUT2D eigenvalue weighted by molar-refractivity contribution is 0.150. The number of pyridine rings is 1. The lowest BCUT2D eigenvalue weighted by atomic mass is 10.0. The van der Waals surface area contributed by atoms with Gasteiger partial charge < -0.3 is 14.5 Å². The first-order valence-corrected chi connectivity index (χ1v) is 13.2. The zero-order valence-corrected chi connectivity index (χ0v) is 23.0. The second-order valence-electron chi connectivity index (χ2n) is 10.8. The average Bonchev–Trinajstić information content (AvgIpc) is 3.56. The lowest BCUT2D eigenvalue weighted by Gasteiger charge is -2.33. The second kappa shape index (κ2) is 10.2. The molecule has 1 aliphatic rings. The van der Waals surface area contributed by atoms with Gasteiger partial charge in [-0.1, -0.05) is 19.9 Å². The molecule has 38 heavy (non-hydrogen) atoms. The molecule has 9 heteroatoms. The Morgan fingerprint density at radius 1 is 1.05 bits per heavy atom. The Bertz CT molecular complexity index is 1520. The highest BCUT2D eigenvalue weighted by Gasteiger charge is 2.31. The Morgan fingerprint density at radius 2 is 1.82 bits per heavy atom. The summed E-state index contributed by atoms with van der Waals surface area (Å²) in [5, 5.41) is 13.9. The van der Waals surface area contributed by atoms with E-state index in [1.54, 1.807) is 0 Å². The summed E-state index contributed by atoms with van der Waals surface area (Å²) in [7, 11) is 0. The molecule has 9 nitrogen and oxygen atoms in total. The Labute approximate surface area is 222 Å². The van der Waals surface area contributed by atoms with Crippen LogP contribution in [-0.2, 0) is 18.6 Å². The maximum absolute atomic E-state index is 13.3. The molecule has 0 spiro atoms. The molecule has 2 aromatic heterocycles. The van der Waals surface area contributed by atoms with Crippen molar-refractivity contribution in [3.8, 4) is 11.5 Å². The fourth-order valence-corrected chi connectivity index (χ4v) is 5.00. The Hall–Kier alpha value is -3.72. The molecule has 2 aromatic carbocycles. The summed E-state index contributed by atoms with van der Waals surface area (Å²) >= 11 is 0. The van der Waals surface area contributed by atoms with E-state index in [9.17, 15) is 4.79 Å². The van der Waals surface area contributed by atoms with Gasteiger partial charge in [-0.2, -0.15) is 0 Å². The van der Waals surface area contributed by atoms with E-state index in [2.05, 4.69) is 73.0 Å². The summed E-state index contributed by atoms with van der Waals surface area (Å²) in [6, 6.07) is 12.1. The van der Waals surface area contributed by atoms with E-state index in [0.29, 0.717) is 18.7 Å². The number of tetrazole rings is 1. The number of nitrogens with zero attached hydrogens (tertiary/aromatic N) is 5. The quantitative estimate of drug-likeness (QED) is 0.328. The molecular weight excluding hydrogens is 480 g/mol. The van der Waals surface area contributed by atoms with Gasteiger partial charge in [0.25, 0.3) is 5.56 Å². The predicted molar refractivity (Wildman–Crippen MR) is 146 cm³/mol. The van der Waals surface area contributed by atoms with Crippen molar-refractivity contribution in [3.05, 3.63) is 74.8 Å². The zero-order chi connectivity index (χ0) is 27.0.